The van der Waals surface area contributed by atoms with Gasteiger partial charge in [0.15, 0.2) is 11.5 Å². The van der Waals surface area contributed by atoms with Crippen molar-refractivity contribution in [3.8, 4) is 0 Å². The number of amides is 1. The van der Waals surface area contributed by atoms with Crippen molar-refractivity contribution in [2.24, 2.45) is 5.41 Å². The molecule has 0 atom stereocenters. The smallest absolute Gasteiger partial charge is 0.253 e. The SMILES string of the molecule is O=C(c1ccc(Cc2nc3c(N4CCC(O)(c5ccc(Cl)cc5)CC4)cccn3n2)cc1)N1CC2(CCNC2)C1. The molecular weight excluding hydrogens is 524 g/mol. The second-order valence-corrected chi connectivity index (χ2v) is 12.1. The maximum Gasteiger partial charge on any atom is 0.253 e. The Kier molecular flexibility index (Phi) is 6.29. The number of hydrogen-bond donors (Lipinski definition) is 2. The third-order valence-electron chi connectivity index (χ3n) is 8.93. The molecule has 2 aromatic heterocycles. The molecule has 1 amide bonds. The van der Waals surface area contributed by atoms with Gasteiger partial charge in [-0.3, -0.25) is 4.79 Å². The van der Waals surface area contributed by atoms with E-state index in [0.717, 1.165) is 66.4 Å². The van der Waals surface area contributed by atoms with Crippen LogP contribution in [0.3, 0.4) is 0 Å². The Morgan fingerprint density at radius 3 is 2.45 bits per heavy atom. The van der Waals surface area contributed by atoms with Crippen molar-refractivity contribution in [3.05, 3.63) is 94.4 Å². The molecule has 7 rings (SSSR count). The maximum atomic E-state index is 12.9. The lowest BCUT2D eigenvalue weighted by atomic mass is 9.79. The average molecular weight is 557 g/mol. The number of nitrogens with zero attached hydrogens (tertiary/aromatic N) is 5. The number of carbonyl (C=O) groups excluding carboxylic acids is 1. The van der Waals surface area contributed by atoms with Crippen molar-refractivity contribution in [2.45, 2.75) is 31.3 Å². The van der Waals surface area contributed by atoms with Gasteiger partial charge in [-0.2, -0.15) is 5.10 Å². The molecule has 40 heavy (non-hydrogen) atoms. The summed E-state index contributed by atoms with van der Waals surface area (Å²) in [5, 5.41) is 20.1. The minimum atomic E-state index is -0.858. The van der Waals surface area contributed by atoms with Gasteiger partial charge in [0.2, 0.25) is 0 Å². The van der Waals surface area contributed by atoms with E-state index in [1.165, 1.54) is 0 Å². The lowest BCUT2D eigenvalue weighted by Crippen LogP contribution is -2.59. The van der Waals surface area contributed by atoms with Gasteiger partial charge in [0, 0.05) is 61.3 Å². The lowest BCUT2D eigenvalue weighted by molar-refractivity contribution is 0.0118. The van der Waals surface area contributed by atoms with Crippen LogP contribution in [0.15, 0.2) is 66.9 Å². The van der Waals surface area contributed by atoms with E-state index in [4.69, 9.17) is 21.7 Å². The van der Waals surface area contributed by atoms with Crippen LogP contribution in [0.5, 0.6) is 0 Å². The maximum absolute atomic E-state index is 12.9. The van der Waals surface area contributed by atoms with Crippen LogP contribution in [-0.2, 0) is 12.0 Å². The summed E-state index contributed by atoms with van der Waals surface area (Å²) in [4.78, 5) is 22.1. The number of nitrogens with one attached hydrogen (secondary N) is 1. The first kappa shape index (κ1) is 25.5. The number of piperidine rings is 1. The highest BCUT2D eigenvalue weighted by atomic mass is 35.5. The average Bonchev–Trinajstić information content (AvgIpc) is 3.61. The minimum Gasteiger partial charge on any atom is -0.385 e. The van der Waals surface area contributed by atoms with Crippen LogP contribution < -0.4 is 10.2 Å². The Morgan fingerprint density at radius 1 is 1.00 bits per heavy atom. The Hall–Kier alpha value is -3.46. The van der Waals surface area contributed by atoms with E-state index in [1.807, 2.05) is 70.2 Å². The number of rotatable bonds is 5. The van der Waals surface area contributed by atoms with E-state index in [-0.39, 0.29) is 5.91 Å². The van der Waals surface area contributed by atoms with Crippen LogP contribution in [0, 0.1) is 5.41 Å². The van der Waals surface area contributed by atoms with Crippen LogP contribution in [0.25, 0.3) is 5.65 Å². The van der Waals surface area contributed by atoms with Crippen LogP contribution in [0.1, 0.15) is 46.6 Å². The van der Waals surface area contributed by atoms with E-state index < -0.39 is 5.60 Å². The zero-order chi connectivity index (χ0) is 27.3. The van der Waals surface area contributed by atoms with Gasteiger partial charge in [0.05, 0.1) is 11.3 Å². The molecule has 1 spiro atoms. The molecule has 0 bridgehead atoms. The molecule has 3 aliphatic heterocycles. The normalized spacial score (nSPS) is 19.8. The number of aromatic nitrogens is 3. The topological polar surface area (TPSA) is 86.0 Å². The zero-order valence-electron chi connectivity index (χ0n) is 22.4. The van der Waals surface area contributed by atoms with Crippen molar-refractivity contribution in [3.63, 3.8) is 0 Å². The molecule has 9 heteroatoms. The van der Waals surface area contributed by atoms with Crippen molar-refractivity contribution in [2.75, 3.05) is 44.2 Å². The summed E-state index contributed by atoms with van der Waals surface area (Å²) in [6.45, 7) is 5.21. The van der Waals surface area contributed by atoms with E-state index >= 15 is 0 Å². The molecule has 4 aromatic rings. The second kappa shape index (κ2) is 9.87. The number of hydrogen-bond acceptors (Lipinski definition) is 6. The number of pyridine rings is 1. The third-order valence-corrected chi connectivity index (χ3v) is 9.19. The number of likely N-dealkylation sites (tertiary alicyclic amines) is 1. The second-order valence-electron chi connectivity index (χ2n) is 11.7. The van der Waals surface area contributed by atoms with Crippen LogP contribution in [-0.4, -0.2) is 69.8 Å². The number of carbonyl (C=O) groups is 1. The van der Waals surface area contributed by atoms with Crippen molar-refractivity contribution in [1.29, 1.82) is 0 Å². The molecule has 0 unspecified atom stereocenters. The first-order valence-electron chi connectivity index (χ1n) is 14.1. The molecule has 5 heterocycles. The van der Waals surface area contributed by atoms with E-state index in [1.54, 1.807) is 0 Å². The lowest BCUT2D eigenvalue weighted by Gasteiger charge is -2.47. The number of benzene rings is 2. The largest absolute Gasteiger partial charge is 0.385 e. The van der Waals surface area contributed by atoms with Gasteiger partial charge in [0.25, 0.3) is 5.91 Å². The Morgan fingerprint density at radius 2 is 1.75 bits per heavy atom. The Balaban J connectivity index is 1.02. The fourth-order valence-corrected chi connectivity index (χ4v) is 6.65. The van der Waals surface area contributed by atoms with Gasteiger partial charge in [-0.05, 0) is 73.3 Å². The monoisotopic (exact) mass is 556 g/mol. The van der Waals surface area contributed by atoms with Crippen molar-refractivity contribution < 1.29 is 9.90 Å². The van der Waals surface area contributed by atoms with Crippen LogP contribution in [0.2, 0.25) is 5.02 Å². The Bertz CT molecular complexity index is 1530. The van der Waals surface area contributed by atoms with Crippen LogP contribution >= 0.6 is 11.6 Å². The first-order chi connectivity index (χ1) is 19.4. The van der Waals surface area contributed by atoms with E-state index in [0.29, 0.717) is 42.8 Å². The molecule has 0 radical (unpaired) electrons. The minimum absolute atomic E-state index is 0.115. The number of anilines is 1. The summed E-state index contributed by atoms with van der Waals surface area (Å²) in [6, 6.07) is 19.4. The Labute approximate surface area is 238 Å². The van der Waals surface area contributed by atoms with Gasteiger partial charge in [-0.1, -0.05) is 35.9 Å². The molecule has 3 aliphatic rings. The van der Waals surface area contributed by atoms with Crippen molar-refractivity contribution in [1.82, 2.24) is 24.8 Å². The van der Waals surface area contributed by atoms with Crippen LogP contribution in [0.4, 0.5) is 5.69 Å². The molecule has 3 fully saturated rings. The molecule has 2 aromatic carbocycles. The molecule has 3 saturated heterocycles. The number of fused-ring (bicyclic) bond motifs is 1. The molecule has 206 valence electrons. The highest BCUT2D eigenvalue weighted by Gasteiger charge is 2.46. The highest BCUT2D eigenvalue weighted by molar-refractivity contribution is 6.30. The van der Waals surface area contributed by atoms with Gasteiger partial charge >= 0.3 is 0 Å². The predicted molar refractivity (Wildman–Crippen MR) is 155 cm³/mol. The molecule has 2 N–H and O–H groups in total. The van der Waals surface area contributed by atoms with Gasteiger partial charge in [-0.15, -0.1) is 0 Å². The standard InChI is InChI=1S/C31H33ClN6O2/c32-25-9-7-24(8-10-25)31(40)12-16-36(17-13-31)26-2-1-15-38-28(26)34-27(35-38)18-22-3-5-23(6-4-22)29(39)37-20-30(21-37)11-14-33-19-30/h1-10,15,33,40H,11-14,16-21H2. The van der Waals surface area contributed by atoms with E-state index in [9.17, 15) is 9.90 Å². The predicted octanol–water partition coefficient (Wildman–Crippen LogP) is 3.90. The first-order valence-corrected chi connectivity index (χ1v) is 14.4. The van der Waals surface area contributed by atoms with Gasteiger partial charge < -0.3 is 20.2 Å². The fraction of sp³-hybridized carbons (Fsp3) is 0.387. The third kappa shape index (κ3) is 4.64. The fourth-order valence-electron chi connectivity index (χ4n) is 6.53. The van der Waals surface area contributed by atoms with Gasteiger partial charge in [0.1, 0.15) is 0 Å². The summed E-state index contributed by atoms with van der Waals surface area (Å²) < 4.78 is 1.83. The summed E-state index contributed by atoms with van der Waals surface area (Å²) in [6.07, 6.45) is 4.91. The number of aliphatic hydroxyl groups is 1. The quantitative estimate of drug-likeness (QED) is 0.388. The molecular formula is C31H33ClN6O2. The number of halogens is 1. The van der Waals surface area contributed by atoms with Gasteiger partial charge in [-0.25, -0.2) is 9.50 Å². The highest BCUT2D eigenvalue weighted by Crippen LogP contribution is 2.37. The molecule has 0 aliphatic carbocycles. The zero-order valence-corrected chi connectivity index (χ0v) is 23.1. The summed E-state index contributed by atoms with van der Waals surface area (Å²) in [5.41, 5.74) is 3.99. The molecule has 0 saturated carbocycles. The van der Waals surface area contributed by atoms with Crippen molar-refractivity contribution >= 4 is 28.8 Å². The molecule has 8 nitrogen and oxygen atoms in total. The van der Waals surface area contributed by atoms with E-state index in [2.05, 4.69) is 16.3 Å². The summed E-state index contributed by atoms with van der Waals surface area (Å²) in [5.74, 6) is 0.851. The summed E-state index contributed by atoms with van der Waals surface area (Å²) >= 11 is 6.04. The summed E-state index contributed by atoms with van der Waals surface area (Å²) in [7, 11) is 0.